The van der Waals surface area contributed by atoms with Crippen LogP contribution < -0.4 is 9.54 Å². The molecule has 0 fully saturated rings. The van der Waals surface area contributed by atoms with Crippen LogP contribution in [-0.2, 0) is 6.54 Å². The second-order valence-corrected chi connectivity index (χ2v) is 6.83. The number of halogens is 1. The largest absolute Gasteiger partial charge is 0.495 e. The number of ether oxygens (including phenoxy) is 1. The Morgan fingerprint density at radius 3 is 2.75 bits per heavy atom. The maximum absolute atomic E-state index is 12.4. The van der Waals surface area contributed by atoms with Crippen LogP contribution in [0, 0.1) is 12.3 Å². The Bertz CT molecular complexity index is 1010. The van der Waals surface area contributed by atoms with E-state index in [1.165, 1.54) is 11.3 Å². The van der Waals surface area contributed by atoms with Gasteiger partial charge in [0.25, 0.3) is 5.91 Å². The molecule has 6 heteroatoms. The van der Waals surface area contributed by atoms with Crippen molar-refractivity contribution in [2.24, 2.45) is 4.99 Å². The summed E-state index contributed by atoms with van der Waals surface area (Å²) in [5.41, 5.74) is 1.38. The molecule has 1 heterocycles. The molecule has 3 rings (SSSR count). The molecule has 120 valence electrons. The van der Waals surface area contributed by atoms with E-state index in [0.29, 0.717) is 22.7 Å². The number of rotatable bonds is 3. The Labute approximate surface area is 151 Å². The lowest BCUT2D eigenvalue weighted by atomic mass is 10.2. The summed E-state index contributed by atoms with van der Waals surface area (Å²) in [6.07, 6.45) is 5.49. The van der Waals surface area contributed by atoms with Crippen molar-refractivity contribution in [3.05, 3.63) is 57.3 Å². The van der Waals surface area contributed by atoms with Gasteiger partial charge >= 0.3 is 0 Å². The summed E-state index contributed by atoms with van der Waals surface area (Å²) in [5, 5.41) is 0. The number of carbonyl (C=O) groups excluding carboxylic acids is 1. The van der Waals surface area contributed by atoms with Crippen molar-refractivity contribution in [2.45, 2.75) is 6.54 Å². The molecule has 0 aliphatic rings. The minimum atomic E-state index is -0.307. The van der Waals surface area contributed by atoms with E-state index in [0.717, 1.165) is 14.7 Å². The van der Waals surface area contributed by atoms with Crippen molar-refractivity contribution in [1.82, 2.24) is 4.57 Å². The van der Waals surface area contributed by atoms with Crippen molar-refractivity contribution < 1.29 is 9.53 Å². The predicted octanol–water partition coefficient (Wildman–Crippen LogP) is 3.85. The predicted molar refractivity (Wildman–Crippen MR) is 99.2 cm³/mol. The number of aromatic nitrogens is 1. The van der Waals surface area contributed by atoms with Crippen LogP contribution in [-0.4, -0.2) is 17.6 Å². The van der Waals surface area contributed by atoms with Gasteiger partial charge < -0.3 is 9.30 Å². The normalized spacial score (nSPS) is 11.5. The Morgan fingerprint density at radius 2 is 2.08 bits per heavy atom. The van der Waals surface area contributed by atoms with E-state index in [9.17, 15) is 4.79 Å². The first-order valence-electron chi connectivity index (χ1n) is 7.08. The SMILES string of the molecule is C#CCn1c(=NC(=O)c2ccc(Br)cc2)sc2cccc(OC)c21. The number of para-hydroxylation sites is 1. The summed E-state index contributed by atoms with van der Waals surface area (Å²) in [6.45, 7) is 0.312. The fraction of sp³-hybridized carbons (Fsp3) is 0.111. The van der Waals surface area contributed by atoms with Crippen LogP contribution in [0.4, 0.5) is 0 Å². The fourth-order valence-electron chi connectivity index (χ4n) is 2.33. The maximum Gasteiger partial charge on any atom is 0.279 e. The first-order valence-corrected chi connectivity index (χ1v) is 8.69. The Kier molecular flexibility index (Phi) is 4.84. The van der Waals surface area contributed by atoms with Crippen LogP contribution in [0.15, 0.2) is 51.9 Å². The van der Waals surface area contributed by atoms with Gasteiger partial charge in [-0.25, -0.2) is 0 Å². The third-order valence-electron chi connectivity index (χ3n) is 3.42. The molecule has 0 saturated carbocycles. The number of amides is 1. The number of benzene rings is 2. The zero-order valence-corrected chi connectivity index (χ0v) is 15.2. The molecule has 4 nitrogen and oxygen atoms in total. The number of hydrogen-bond donors (Lipinski definition) is 0. The molecule has 2 aromatic carbocycles. The van der Waals surface area contributed by atoms with E-state index in [4.69, 9.17) is 11.2 Å². The van der Waals surface area contributed by atoms with Gasteiger partial charge in [0.2, 0.25) is 0 Å². The molecule has 1 amide bonds. The fourth-order valence-corrected chi connectivity index (χ4v) is 3.64. The van der Waals surface area contributed by atoms with Crippen LogP contribution in [0.5, 0.6) is 5.75 Å². The lowest BCUT2D eigenvalue weighted by Crippen LogP contribution is -2.16. The van der Waals surface area contributed by atoms with Gasteiger partial charge in [0, 0.05) is 10.0 Å². The van der Waals surface area contributed by atoms with Crippen LogP contribution in [0.2, 0.25) is 0 Å². The number of nitrogens with zero attached hydrogens (tertiary/aromatic N) is 2. The zero-order valence-electron chi connectivity index (χ0n) is 12.8. The molecule has 0 aliphatic heterocycles. The van der Waals surface area contributed by atoms with Gasteiger partial charge in [-0.15, -0.1) is 6.42 Å². The molecular weight excluding hydrogens is 388 g/mol. The van der Waals surface area contributed by atoms with Gasteiger partial charge in [-0.05, 0) is 36.4 Å². The van der Waals surface area contributed by atoms with Crippen LogP contribution >= 0.6 is 27.3 Å². The number of fused-ring (bicyclic) bond motifs is 1. The van der Waals surface area contributed by atoms with Crippen molar-refractivity contribution in [3.63, 3.8) is 0 Å². The van der Waals surface area contributed by atoms with Gasteiger partial charge in [-0.1, -0.05) is 39.3 Å². The van der Waals surface area contributed by atoms with Gasteiger partial charge in [0.1, 0.15) is 11.3 Å². The Hall–Kier alpha value is -2.36. The monoisotopic (exact) mass is 400 g/mol. The standard InChI is InChI=1S/C18H13BrN2O2S/c1-3-11-21-16-14(23-2)5-4-6-15(16)24-18(21)20-17(22)12-7-9-13(19)10-8-12/h1,4-10H,11H2,2H3. The molecule has 0 radical (unpaired) electrons. The Morgan fingerprint density at radius 1 is 1.33 bits per heavy atom. The quantitative estimate of drug-likeness (QED) is 0.626. The van der Waals surface area contributed by atoms with Gasteiger partial charge in [0.05, 0.1) is 18.4 Å². The summed E-state index contributed by atoms with van der Waals surface area (Å²) >= 11 is 4.76. The number of carbonyl (C=O) groups is 1. The average molecular weight is 401 g/mol. The van der Waals surface area contributed by atoms with Crippen LogP contribution in [0.25, 0.3) is 10.2 Å². The van der Waals surface area contributed by atoms with Crippen LogP contribution in [0.1, 0.15) is 10.4 Å². The highest BCUT2D eigenvalue weighted by Gasteiger charge is 2.12. The van der Waals surface area contributed by atoms with E-state index in [-0.39, 0.29) is 5.91 Å². The van der Waals surface area contributed by atoms with E-state index < -0.39 is 0 Å². The van der Waals surface area contributed by atoms with Gasteiger partial charge in [-0.2, -0.15) is 4.99 Å². The molecule has 0 aliphatic carbocycles. The molecule has 0 N–H and O–H groups in total. The van der Waals surface area contributed by atoms with E-state index in [1.807, 2.05) is 34.9 Å². The third kappa shape index (κ3) is 3.14. The van der Waals surface area contributed by atoms with Crippen molar-refractivity contribution in [3.8, 4) is 18.1 Å². The van der Waals surface area contributed by atoms with Gasteiger partial charge in [0.15, 0.2) is 4.80 Å². The Balaban J connectivity index is 2.18. The summed E-state index contributed by atoms with van der Waals surface area (Å²) in [7, 11) is 1.61. The molecule has 0 saturated heterocycles. The maximum atomic E-state index is 12.4. The third-order valence-corrected chi connectivity index (χ3v) is 4.99. The van der Waals surface area contributed by atoms with E-state index in [1.54, 1.807) is 19.2 Å². The number of hydrogen-bond acceptors (Lipinski definition) is 3. The second kappa shape index (κ2) is 7.04. The minimum Gasteiger partial charge on any atom is -0.495 e. The topological polar surface area (TPSA) is 43.6 Å². The molecule has 1 aromatic heterocycles. The minimum absolute atomic E-state index is 0.307. The summed E-state index contributed by atoms with van der Waals surface area (Å²) in [5.74, 6) is 3.01. The van der Waals surface area contributed by atoms with E-state index in [2.05, 4.69) is 26.8 Å². The summed E-state index contributed by atoms with van der Waals surface area (Å²) in [6, 6.07) is 12.8. The lowest BCUT2D eigenvalue weighted by molar-refractivity contribution is 0.0998. The number of terminal acetylenes is 1. The molecule has 3 aromatic rings. The summed E-state index contributed by atoms with van der Waals surface area (Å²) in [4.78, 5) is 17.3. The lowest BCUT2D eigenvalue weighted by Gasteiger charge is -2.05. The molecule has 0 bridgehead atoms. The first-order chi connectivity index (χ1) is 11.6. The van der Waals surface area contributed by atoms with Crippen molar-refractivity contribution in [1.29, 1.82) is 0 Å². The molecule has 0 unspecified atom stereocenters. The smallest absolute Gasteiger partial charge is 0.279 e. The highest BCUT2D eigenvalue weighted by atomic mass is 79.9. The molecule has 0 spiro atoms. The van der Waals surface area contributed by atoms with E-state index >= 15 is 0 Å². The highest BCUT2D eigenvalue weighted by Crippen LogP contribution is 2.27. The highest BCUT2D eigenvalue weighted by molar-refractivity contribution is 9.10. The zero-order chi connectivity index (χ0) is 17.1. The van der Waals surface area contributed by atoms with Gasteiger partial charge in [-0.3, -0.25) is 4.79 Å². The molecule has 0 atom stereocenters. The number of methoxy groups -OCH3 is 1. The number of thiazole rings is 1. The molecular formula is C18H13BrN2O2S. The van der Waals surface area contributed by atoms with Crippen molar-refractivity contribution >= 4 is 43.4 Å². The summed E-state index contributed by atoms with van der Waals surface area (Å²) < 4.78 is 9.12. The average Bonchev–Trinajstić information content (AvgIpc) is 2.93. The van der Waals surface area contributed by atoms with Crippen molar-refractivity contribution in [2.75, 3.05) is 7.11 Å². The second-order valence-electron chi connectivity index (χ2n) is 4.91. The first kappa shape index (κ1) is 16.5. The van der Waals surface area contributed by atoms with Crippen LogP contribution in [0.3, 0.4) is 0 Å². The molecule has 24 heavy (non-hydrogen) atoms.